The van der Waals surface area contributed by atoms with Gasteiger partial charge in [0.2, 0.25) is 0 Å². The van der Waals surface area contributed by atoms with Crippen LogP contribution in [0.5, 0.6) is 0 Å². The van der Waals surface area contributed by atoms with Crippen LogP contribution in [0.4, 0.5) is 19.3 Å². The van der Waals surface area contributed by atoms with Crippen LogP contribution in [0, 0.1) is 11.6 Å². The van der Waals surface area contributed by atoms with Crippen LogP contribution in [-0.2, 0) is 0 Å². The summed E-state index contributed by atoms with van der Waals surface area (Å²) in [6, 6.07) is 1.19. The Morgan fingerprint density at radius 3 is 2.71 bits per heavy atom. The van der Waals surface area contributed by atoms with E-state index < -0.39 is 17.7 Å². The predicted octanol–water partition coefficient (Wildman–Crippen LogP) is 2.23. The molecular weight excluding hydrogens is 298 g/mol. The summed E-state index contributed by atoms with van der Waals surface area (Å²) < 4.78 is 26.2. The van der Waals surface area contributed by atoms with E-state index in [4.69, 9.17) is 5.11 Å². The topological polar surface area (TPSA) is 61.4 Å². The number of carbonyl (C=O) groups excluding carboxylic acids is 1. The van der Waals surface area contributed by atoms with Crippen LogP contribution in [0.1, 0.15) is 6.42 Å². The van der Waals surface area contributed by atoms with E-state index >= 15 is 0 Å². The van der Waals surface area contributed by atoms with Gasteiger partial charge in [0.15, 0.2) is 0 Å². The first-order valence-corrected chi connectivity index (χ1v) is 5.64. The fraction of sp³-hybridized carbons (Fsp3) is 0.300. The van der Waals surface area contributed by atoms with E-state index in [1.807, 2.05) is 0 Å². The van der Waals surface area contributed by atoms with Crippen molar-refractivity contribution >= 4 is 27.6 Å². The van der Waals surface area contributed by atoms with Gasteiger partial charge in [0.25, 0.3) is 0 Å². The molecule has 4 nitrogen and oxygen atoms in total. The average Bonchev–Trinajstić information content (AvgIpc) is 2.26. The molecule has 0 saturated heterocycles. The number of urea groups is 1. The summed E-state index contributed by atoms with van der Waals surface area (Å²) in [5.41, 5.74) is -0.125. The van der Waals surface area contributed by atoms with Crippen LogP contribution in [0.2, 0.25) is 0 Å². The van der Waals surface area contributed by atoms with Gasteiger partial charge in [-0.1, -0.05) is 0 Å². The van der Waals surface area contributed by atoms with Crippen molar-refractivity contribution < 1.29 is 18.7 Å². The number of benzene rings is 1. The number of hydrogen-bond acceptors (Lipinski definition) is 2. The van der Waals surface area contributed by atoms with Gasteiger partial charge in [-0.05, 0) is 28.4 Å². The summed E-state index contributed by atoms with van der Waals surface area (Å²) in [5.74, 6) is -1.60. The largest absolute Gasteiger partial charge is 0.396 e. The molecule has 1 rings (SSSR count). The molecule has 0 aliphatic carbocycles. The lowest BCUT2D eigenvalue weighted by Gasteiger charge is -2.08. The Hall–Kier alpha value is -1.21. The summed E-state index contributed by atoms with van der Waals surface area (Å²) in [6.45, 7) is 0.225. The minimum Gasteiger partial charge on any atom is -0.396 e. The van der Waals surface area contributed by atoms with Gasteiger partial charge >= 0.3 is 6.03 Å². The number of carbonyl (C=O) groups is 1. The maximum Gasteiger partial charge on any atom is 0.319 e. The van der Waals surface area contributed by atoms with E-state index in [0.717, 1.165) is 6.07 Å². The van der Waals surface area contributed by atoms with E-state index in [9.17, 15) is 13.6 Å². The van der Waals surface area contributed by atoms with E-state index in [-0.39, 0.29) is 23.3 Å². The lowest BCUT2D eigenvalue weighted by Crippen LogP contribution is -2.30. The third-order valence-corrected chi connectivity index (χ3v) is 2.49. The van der Waals surface area contributed by atoms with Gasteiger partial charge in [0, 0.05) is 19.2 Å². The van der Waals surface area contributed by atoms with Crippen molar-refractivity contribution in [3.63, 3.8) is 0 Å². The van der Waals surface area contributed by atoms with Crippen LogP contribution in [-0.4, -0.2) is 24.3 Å². The zero-order valence-corrected chi connectivity index (χ0v) is 10.4. The Bertz CT molecular complexity index is 416. The molecule has 2 amide bonds. The third-order valence-electron chi connectivity index (χ3n) is 1.88. The second-order valence-corrected chi connectivity index (χ2v) is 4.06. The number of nitrogens with one attached hydrogen (secondary N) is 2. The van der Waals surface area contributed by atoms with Gasteiger partial charge in [-0.15, -0.1) is 0 Å². The predicted molar refractivity (Wildman–Crippen MR) is 62.8 cm³/mol. The molecule has 94 valence electrons. The molecule has 0 aliphatic heterocycles. The molecule has 0 bridgehead atoms. The average molecular weight is 309 g/mol. The standard InChI is InChI=1S/C10H11BrF2N2O2/c11-6-4-9(8(13)5-7(6)12)15-10(17)14-2-1-3-16/h4-5,16H,1-3H2,(H2,14,15,17). The molecular formula is C10H11BrF2N2O2. The lowest BCUT2D eigenvalue weighted by atomic mass is 10.3. The molecule has 7 heteroatoms. The SMILES string of the molecule is O=C(NCCCO)Nc1cc(Br)c(F)cc1F. The Morgan fingerprint density at radius 1 is 1.35 bits per heavy atom. The number of hydrogen-bond donors (Lipinski definition) is 3. The highest BCUT2D eigenvalue weighted by molar-refractivity contribution is 9.10. The number of aliphatic hydroxyl groups is 1. The van der Waals surface area contributed by atoms with E-state index in [2.05, 4.69) is 26.6 Å². The molecule has 3 N–H and O–H groups in total. The zero-order chi connectivity index (χ0) is 12.8. The molecule has 0 atom stereocenters. The Kier molecular flexibility index (Phi) is 5.30. The highest BCUT2D eigenvalue weighted by Gasteiger charge is 2.10. The van der Waals surface area contributed by atoms with Crippen LogP contribution >= 0.6 is 15.9 Å². The quantitative estimate of drug-likeness (QED) is 0.590. The molecule has 0 heterocycles. The van der Waals surface area contributed by atoms with Gasteiger partial charge in [0.05, 0.1) is 10.2 Å². The fourth-order valence-electron chi connectivity index (χ4n) is 1.07. The van der Waals surface area contributed by atoms with Crippen molar-refractivity contribution in [3.8, 4) is 0 Å². The van der Waals surface area contributed by atoms with Crippen LogP contribution < -0.4 is 10.6 Å². The monoisotopic (exact) mass is 308 g/mol. The molecule has 1 aromatic carbocycles. The summed E-state index contributed by atoms with van der Waals surface area (Å²) in [6.07, 6.45) is 0.406. The van der Waals surface area contributed by atoms with E-state index in [1.165, 1.54) is 0 Å². The van der Waals surface area contributed by atoms with Crippen LogP contribution in [0.15, 0.2) is 16.6 Å². The Morgan fingerprint density at radius 2 is 2.06 bits per heavy atom. The summed E-state index contributed by atoms with van der Waals surface area (Å²) in [7, 11) is 0. The Balaban J connectivity index is 2.62. The number of halogens is 3. The second kappa shape index (κ2) is 6.51. The fourth-order valence-corrected chi connectivity index (χ4v) is 1.41. The first-order valence-electron chi connectivity index (χ1n) is 4.85. The number of rotatable bonds is 4. The first kappa shape index (κ1) is 13.9. The van der Waals surface area contributed by atoms with Crippen LogP contribution in [0.25, 0.3) is 0 Å². The molecule has 0 fully saturated rings. The smallest absolute Gasteiger partial charge is 0.319 e. The molecule has 17 heavy (non-hydrogen) atoms. The van der Waals surface area contributed by atoms with E-state index in [1.54, 1.807) is 0 Å². The van der Waals surface area contributed by atoms with Crippen molar-refractivity contribution in [2.75, 3.05) is 18.5 Å². The number of anilines is 1. The van der Waals surface area contributed by atoms with Crippen LogP contribution in [0.3, 0.4) is 0 Å². The van der Waals surface area contributed by atoms with Gasteiger partial charge in [0.1, 0.15) is 11.6 Å². The molecule has 0 radical (unpaired) electrons. The normalized spacial score (nSPS) is 10.1. The van der Waals surface area contributed by atoms with Crippen molar-refractivity contribution in [2.24, 2.45) is 0 Å². The highest BCUT2D eigenvalue weighted by atomic mass is 79.9. The molecule has 1 aromatic rings. The van der Waals surface area contributed by atoms with Gasteiger partial charge in [-0.3, -0.25) is 0 Å². The first-order chi connectivity index (χ1) is 8.04. The lowest BCUT2D eigenvalue weighted by molar-refractivity contribution is 0.248. The molecule has 0 saturated carbocycles. The van der Waals surface area contributed by atoms with Gasteiger partial charge < -0.3 is 15.7 Å². The number of aliphatic hydroxyl groups excluding tert-OH is 1. The maximum absolute atomic E-state index is 13.2. The summed E-state index contributed by atoms with van der Waals surface area (Å²) >= 11 is 2.89. The molecule has 0 spiro atoms. The maximum atomic E-state index is 13.2. The molecule has 0 aliphatic rings. The second-order valence-electron chi connectivity index (χ2n) is 3.20. The minimum absolute atomic E-state index is 0.0449. The van der Waals surface area contributed by atoms with Crippen molar-refractivity contribution in [1.82, 2.24) is 5.32 Å². The zero-order valence-electron chi connectivity index (χ0n) is 8.77. The van der Waals surface area contributed by atoms with Gasteiger partial charge in [-0.25, -0.2) is 13.6 Å². The minimum atomic E-state index is -0.858. The summed E-state index contributed by atoms with van der Waals surface area (Å²) in [4.78, 5) is 11.3. The highest BCUT2D eigenvalue weighted by Crippen LogP contribution is 2.23. The van der Waals surface area contributed by atoms with E-state index in [0.29, 0.717) is 12.5 Å². The molecule has 0 unspecified atom stereocenters. The van der Waals surface area contributed by atoms with Crippen molar-refractivity contribution in [3.05, 3.63) is 28.2 Å². The number of amides is 2. The van der Waals surface area contributed by atoms with Gasteiger partial charge in [-0.2, -0.15) is 0 Å². The molecule has 0 aromatic heterocycles. The summed E-state index contributed by atoms with van der Waals surface area (Å²) in [5, 5.41) is 13.1. The van der Waals surface area contributed by atoms with Crippen molar-refractivity contribution in [2.45, 2.75) is 6.42 Å². The van der Waals surface area contributed by atoms with Crippen molar-refractivity contribution in [1.29, 1.82) is 0 Å². The third kappa shape index (κ3) is 4.27. The Labute approximate surface area is 105 Å².